The number of hydrogen-bond donors (Lipinski definition) is 2. The summed E-state index contributed by atoms with van der Waals surface area (Å²) < 4.78 is 14.0. The van der Waals surface area contributed by atoms with E-state index in [4.69, 9.17) is 31.3 Å². The van der Waals surface area contributed by atoms with Gasteiger partial charge in [-0.05, 0) is 153 Å². The van der Waals surface area contributed by atoms with Crippen LogP contribution in [0.3, 0.4) is 0 Å². The Bertz CT molecular complexity index is 1980. The summed E-state index contributed by atoms with van der Waals surface area (Å²) in [6.45, 7) is 23.8. The van der Waals surface area contributed by atoms with Crippen molar-refractivity contribution in [3.63, 3.8) is 0 Å². The molecule has 5 aliphatic carbocycles. The average molecular weight is 820 g/mol. The lowest BCUT2D eigenvalue weighted by Gasteiger charge is -2.72. The van der Waals surface area contributed by atoms with Gasteiger partial charge in [-0.25, -0.2) is 4.79 Å². The van der Waals surface area contributed by atoms with E-state index in [1.807, 2.05) is 37.5 Å². The van der Waals surface area contributed by atoms with Crippen LogP contribution in [0, 0.1) is 50.7 Å². The molecule has 1 aromatic carbocycles. The van der Waals surface area contributed by atoms with Crippen molar-refractivity contribution in [2.24, 2.45) is 50.7 Å². The second-order valence-corrected chi connectivity index (χ2v) is 21.6. The topological polar surface area (TPSA) is 133 Å². The number of esters is 1. The Labute approximate surface area is 350 Å². The number of rotatable bonds is 8. The molecule has 7 rings (SSSR count). The predicted molar refractivity (Wildman–Crippen MR) is 225 cm³/mol. The van der Waals surface area contributed by atoms with Gasteiger partial charge >= 0.3 is 12.1 Å². The number of allylic oxidation sites excluding steroid dienone is 1. The fourth-order valence-electron chi connectivity index (χ4n) is 13.7. The molecule has 0 bridgehead atoms. The lowest BCUT2D eigenvalue weighted by atomic mass is 9.33. The average Bonchev–Trinajstić information content (AvgIpc) is 3.67. The number of hydrogen-bond acceptors (Lipinski definition) is 8. The third-order valence-electron chi connectivity index (χ3n) is 16.4. The van der Waals surface area contributed by atoms with Crippen molar-refractivity contribution in [1.82, 2.24) is 20.1 Å². The summed E-state index contributed by atoms with van der Waals surface area (Å²) >= 11 is 6.31. The van der Waals surface area contributed by atoms with E-state index in [0.29, 0.717) is 34.9 Å². The maximum atomic E-state index is 14.7. The van der Waals surface area contributed by atoms with E-state index in [2.05, 4.69) is 53.8 Å². The van der Waals surface area contributed by atoms with Crippen molar-refractivity contribution in [3.8, 4) is 11.4 Å². The molecule has 2 N–H and O–H groups in total. The van der Waals surface area contributed by atoms with E-state index >= 15 is 0 Å². The minimum atomic E-state index is -0.890. The van der Waals surface area contributed by atoms with Crippen molar-refractivity contribution in [1.29, 1.82) is 0 Å². The SMILES string of the molecule is CC(=O)OC(c1nnc(-c2ccc(Cl)cc2)n1CCNC(=O)OC(C)(C)C)[C@@]12CC[C@]3(C)[C@H](CC[C@@H]4[C@@]5(C)CC[C@H](O)C(C)(C)[C@@H]5CC[C@]43C)C1=C(C(C)C)C(=O)C2. The maximum absolute atomic E-state index is 14.7. The van der Waals surface area contributed by atoms with E-state index in [-0.39, 0.29) is 64.9 Å². The van der Waals surface area contributed by atoms with Gasteiger partial charge in [-0.15, -0.1) is 10.2 Å². The summed E-state index contributed by atoms with van der Waals surface area (Å²) in [4.78, 5) is 40.8. The highest BCUT2D eigenvalue weighted by Gasteiger charge is 2.71. The van der Waals surface area contributed by atoms with Gasteiger partial charge in [0.25, 0.3) is 0 Å². The molecule has 2 aromatic rings. The molecule has 0 aliphatic heterocycles. The van der Waals surface area contributed by atoms with Crippen LogP contribution in [0.1, 0.15) is 146 Å². The molecule has 9 atom stereocenters. The summed E-state index contributed by atoms with van der Waals surface area (Å²) in [5.74, 6) is 1.74. The lowest BCUT2D eigenvalue weighted by Crippen LogP contribution is -2.65. The molecule has 0 radical (unpaired) electrons. The molecular formula is C47H67ClN4O6. The van der Waals surface area contributed by atoms with Gasteiger partial charge in [-0.1, -0.05) is 60.1 Å². The zero-order valence-electron chi connectivity index (χ0n) is 36.8. The third-order valence-corrected chi connectivity index (χ3v) is 16.6. The molecule has 10 nitrogen and oxygen atoms in total. The number of aliphatic hydroxyl groups is 1. The lowest BCUT2D eigenvalue weighted by molar-refractivity contribution is -0.231. The molecule has 1 aromatic heterocycles. The summed E-state index contributed by atoms with van der Waals surface area (Å²) in [6, 6.07) is 7.35. The van der Waals surface area contributed by atoms with Crippen molar-refractivity contribution in [2.75, 3.05) is 6.54 Å². The molecule has 11 heteroatoms. The van der Waals surface area contributed by atoms with Crippen LogP contribution in [-0.2, 0) is 25.6 Å². The molecule has 1 unspecified atom stereocenters. The summed E-state index contributed by atoms with van der Waals surface area (Å²) in [5, 5.41) is 24.2. The zero-order valence-corrected chi connectivity index (χ0v) is 37.5. The van der Waals surface area contributed by atoms with E-state index in [1.54, 1.807) is 12.1 Å². The monoisotopic (exact) mass is 818 g/mol. The van der Waals surface area contributed by atoms with Gasteiger partial charge in [-0.3, -0.25) is 9.59 Å². The first-order valence-electron chi connectivity index (χ1n) is 21.8. The Morgan fingerprint density at radius 2 is 1.64 bits per heavy atom. The largest absolute Gasteiger partial charge is 0.453 e. The van der Waals surface area contributed by atoms with Gasteiger partial charge in [0.05, 0.1) is 6.10 Å². The highest BCUT2D eigenvalue weighted by atomic mass is 35.5. The van der Waals surface area contributed by atoms with Crippen LogP contribution >= 0.6 is 11.6 Å². The number of Topliss-reactive ketones (excluding diaryl/α,β-unsaturated/α-hetero) is 1. The number of aromatic nitrogens is 3. The summed E-state index contributed by atoms with van der Waals surface area (Å²) in [5.41, 5.74) is 1.25. The Balaban J connectivity index is 1.33. The van der Waals surface area contributed by atoms with Crippen LogP contribution in [0.25, 0.3) is 11.4 Å². The molecule has 318 valence electrons. The number of halogens is 1. The number of fused-ring (bicyclic) bond motifs is 7. The number of ether oxygens (including phenoxy) is 2. The Hall–Kier alpha value is -3.24. The number of amides is 1. The van der Waals surface area contributed by atoms with Gasteiger partial charge in [-0.2, -0.15) is 0 Å². The molecule has 4 fully saturated rings. The van der Waals surface area contributed by atoms with Gasteiger partial charge < -0.3 is 24.5 Å². The molecular weight excluding hydrogens is 752 g/mol. The molecule has 5 aliphatic rings. The van der Waals surface area contributed by atoms with Crippen LogP contribution in [0.15, 0.2) is 35.4 Å². The zero-order chi connectivity index (χ0) is 42.4. The normalized spacial score (nSPS) is 34.8. The number of benzene rings is 1. The van der Waals surface area contributed by atoms with Gasteiger partial charge in [0, 0.05) is 42.4 Å². The van der Waals surface area contributed by atoms with Crippen LogP contribution in [0.2, 0.25) is 5.02 Å². The van der Waals surface area contributed by atoms with Gasteiger partial charge in [0.1, 0.15) is 5.60 Å². The number of aliphatic hydroxyl groups excluding tert-OH is 1. The first-order chi connectivity index (χ1) is 27.0. The number of ketones is 1. The van der Waals surface area contributed by atoms with Crippen molar-refractivity contribution >= 4 is 29.4 Å². The molecule has 0 saturated heterocycles. The van der Waals surface area contributed by atoms with Crippen molar-refractivity contribution < 1.29 is 29.0 Å². The Morgan fingerprint density at radius 1 is 0.948 bits per heavy atom. The third kappa shape index (κ3) is 6.75. The van der Waals surface area contributed by atoms with E-state index in [9.17, 15) is 19.5 Å². The molecule has 0 spiro atoms. The van der Waals surface area contributed by atoms with Crippen molar-refractivity contribution in [2.45, 2.75) is 158 Å². The predicted octanol–water partition coefficient (Wildman–Crippen LogP) is 10.1. The Kier molecular flexibility index (Phi) is 10.9. The van der Waals surface area contributed by atoms with Crippen LogP contribution < -0.4 is 5.32 Å². The number of carbonyl (C=O) groups is 3. The smallest absolute Gasteiger partial charge is 0.407 e. The number of nitrogens with one attached hydrogen (secondary N) is 1. The standard InChI is InChI=1S/C47H67ClN4O6/c1-27(2)36-32(54)26-47(23-22-45(10)31(37(36)47)16-17-34-44(9)20-19-35(55)43(7,8)33(44)18-21-46(34,45)11)38(57-28(3)53)40-51-50-39(29-12-14-30(48)15-13-29)52(40)25-24-49-41(56)58-42(4,5)6/h12-15,27,31,33-35,38,55H,16-26H2,1-11H3,(H,49,56)/t31-,33+,34-,35+,38?,44+,45-,46-,47-/m1/s1. The second kappa shape index (κ2) is 14.7. The minimum absolute atomic E-state index is 0.00959. The van der Waals surface area contributed by atoms with Crippen molar-refractivity contribution in [3.05, 3.63) is 46.3 Å². The Morgan fingerprint density at radius 3 is 2.28 bits per heavy atom. The van der Waals surface area contributed by atoms with Crippen LogP contribution in [0.5, 0.6) is 0 Å². The fourth-order valence-corrected chi connectivity index (χ4v) is 13.8. The minimum Gasteiger partial charge on any atom is -0.453 e. The number of nitrogens with zero attached hydrogens (tertiary/aromatic N) is 3. The molecule has 1 amide bonds. The highest BCUT2D eigenvalue weighted by Crippen LogP contribution is 2.77. The van der Waals surface area contributed by atoms with E-state index in [0.717, 1.165) is 56.1 Å². The van der Waals surface area contributed by atoms with Gasteiger partial charge in [0.2, 0.25) is 0 Å². The molecule has 58 heavy (non-hydrogen) atoms. The molecule has 1 heterocycles. The molecule has 4 saturated carbocycles. The number of carbonyl (C=O) groups excluding carboxylic acids is 3. The van der Waals surface area contributed by atoms with Crippen LogP contribution in [-0.4, -0.2) is 56.0 Å². The first kappa shape index (κ1) is 42.9. The highest BCUT2D eigenvalue weighted by molar-refractivity contribution is 6.30. The second-order valence-electron chi connectivity index (χ2n) is 21.2. The van der Waals surface area contributed by atoms with Crippen LogP contribution in [0.4, 0.5) is 4.79 Å². The first-order valence-corrected chi connectivity index (χ1v) is 22.2. The number of alkyl carbamates (subject to hydrolysis) is 1. The maximum Gasteiger partial charge on any atom is 0.407 e. The van der Waals surface area contributed by atoms with E-state index < -0.39 is 29.2 Å². The van der Waals surface area contributed by atoms with Gasteiger partial charge in [0.15, 0.2) is 23.5 Å². The quantitative estimate of drug-likeness (QED) is 0.252. The summed E-state index contributed by atoms with van der Waals surface area (Å²) in [7, 11) is 0. The van der Waals surface area contributed by atoms with E-state index in [1.165, 1.54) is 12.5 Å². The fraction of sp³-hybridized carbons (Fsp3) is 0.723. The summed E-state index contributed by atoms with van der Waals surface area (Å²) in [6.07, 6.45) is 6.14.